The molecule has 8 heteroatoms. The minimum absolute atomic E-state index is 0.00639. The number of benzene rings is 1. The average Bonchev–Trinajstić information content (AvgIpc) is 3.46. The van der Waals surface area contributed by atoms with E-state index in [9.17, 15) is 9.18 Å². The van der Waals surface area contributed by atoms with Crippen LogP contribution in [0.15, 0.2) is 30.6 Å². The Hall–Kier alpha value is -3.00. The zero-order valence-electron chi connectivity index (χ0n) is 19.3. The molecule has 1 amide bonds. The van der Waals surface area contributed by atoms with Crippen LogP contribution in [0, 0.1) is 5.82 Å². The van der Waals surface area contributed by atoms with Crippen molar-refractivity contribution >= 4 is 11.6 Å². The molecule has 34 heavy (non-hydrogen) atoms. The van der Waals surface area contributed by atoms with Gasteiger partial charge in [-0.25, -0.2) is 13.9 Å². The molecule has 2 unspecified atom stereocenters. The summed E-state index contributed by atoms with van der Waals surface area (Å²) in [5.74, 6) is 0.424. The van der Waals surface area contributed by atoms with Gasteiger partial charge in [0.2, 0.25) is 0 Å². The second kappa shape index (κ2) is 7.50. The topological polar surface area (TPSA) is 63.0 Å². The minimum Gasteiger partial charge on any atom is -0.489 e. The Labute approximate surface area is 197 Å². The van der Waals surface area contributed by atoms with Crippen molar-refractivity contribution in [3.05, 3.63) is 58.8 Å². The lowest BCUT2D eigenvalue weighted by Crippen LogP contribution is -2.44. The molecule has 1 aliphatic carbocycles. The Balaban J connectivity index is 1.12. The van der Waals surface area contributed by atoms with E-state index in [1.54, 1.807) is 11.0 Å². The molecule has 3 fully saturated rings. The lowest BCUT2D eigenvalue weighted by atomic mass is 10.0. The summed E-state index contributed by atoms with van der Waals surface area (Å²) in [4.78, 5) is 22.4. The first-order valence-corrected chi connectivity index (χ1v) is 12.4. The van der Waals surface area contributed by atoms with Crippen molar-refractivity contribution in [2.24, 2.45) is 0 Å². The number of hydrogen-bond acceptors (Lipinski definition) is 5. The van der Waals surface area contributed by atoms with Crippen molar-refractivity contribution in [1.82, 2.24) is 24.4 Å². The van der Waals surface area contributed by atoms with Gasteiger partial charge < -0.3 is 14.5 Å². The number of amides is 1. The minimum atomic E-state index is -0.388. The summed E-state index contributed by atoms with van der Waals surface area (Å²) in [5.41, 5.74) is 4.33. The molecule has 1 saturated carbocycles. The Kier molecular flexibility index (Phi) is 4.50. The summed E-state index contributed by atoms with van der Waals surface area (Å²) in [7, 11) is 2.18. The summed E-state index contributed by atoms with van der Waals surface area (Å²) < 4.78 is 22.3. The highest BCUT2D eigenvalue weighted by molar-refractivity contribution is 5.97. The third kappa shape index (κ3) is 3.30. The van der Waals surface area contributed by atoms with Crippen LogP contribution in [0.3, 0.4) is 0 Å². The molecule has 7 nitrogen and oxygen atoms in total. The van der Waals surface area contributed by atoms with Crippen molar-refractivity contribution < 1.29 is 13.9 Å². The van der Waals surface area contributed by atoms with Crippen LogP contribution >= 0.6 is 0 Å². The molecule has 0 radical (unpaired) electrons. The molecule has 2 aromatic heterocycles. The lowest BCUT2D eigenvalue weighted by molar-refractivity contribution is 0.0622. The highest BCUT2D eigenvalue weighted by Gasteiger charge is 2.40. The molecule has 3 atom stereocenters. The first kappa shape index (κ1) is 20.4. The van der Waals surface area contributed by atoms with Gasteiger partial charge in [0.15, 0.2) is 5.65 Å². The van der Waals surface area contributed by atoms with Gasteiger partial charge in [-0.15, -0.1) is 0 Å². The van der Waals surface area contributed by atoms with Gasteiger partial charge in [0, 0.05) is 36.1 Å². The Bertz CT molecular complexity index is 1290. The second-order valence-corrected chi connectivity index (χ2v) is 10.4. The van der Waals surface area contributed by atoms with E-state index in [0.29, 0.717) is 42.4 Å². The standard InChI is InChI=1S/C26H28FN5O2/c1-30-18-5-6-19(30)10-20(9-18)34-24-8-17(27)4-7-21(24)26(33)31-13-22-23(14-31)29-32-12-16(15-2-3-15)11-28-25(22)32/h4,7-8,11-12,15,18-20H,2-3,5-6,9-10,13-14H2,1H3/t18-,19?,20?/m1/s1. The zero-order chi connectivity index (χ0) is 23.0. The Morgan fingerprint density at radius 3 is 2.68 bits per heavy atom. The maximum atomic E-state index is 14.2. The monoisotopic (exact) mass is 461 g/mol. The predicted molar refractivity (Wildman–Crippen MR) is 123 cm³/mol. The Morgan fingerprint density at radius 1 is 1.12 bits per heavy atom. The van der Waals surface area contributed by atoms with Crippen LogP contribution in [-0.2, 0) is 13.1 Å². The molecule has 4 aliphatic rings. The van der Waals surface area contributed by atoms with Gasteiger partial charge in [-0.1, -0.05) is 0 Å². The van der Waals surface area contributed by atoms with Gasteiger partial charge in [0.25, 0.3) is 5.91 Å². The Morgan fingerprint density at radius 2 is 1.91 bits per heavy atom. The number of rotatable bonds is 4. The SMILES string of the molecule is CN1C2CC[C@@H]1CC(Oc1cc(F)ccc1C(=O)N1Cc3nn4cc(C5CC5)cnc4c3C1)C2. The van der Waals surface area contributed by atoms with Gasteiger partial charge in [-0.2, -0.15) is 5.10 Å². The summed E-state index contributed by atoms with van der Waals surface area (Å²) in [6, 6.07) is 5.27. The smallest absolute Gasteiger partial charge is 0.258 e. The fraction of sp³-hybridized carbons (Fsp3) is 0.500. The lowest BCUT2D eigenvalue weighted by Gasteiger charge is -2.36. The molecule has 3 aliphatic heterocycles. The summed E-state index contributed by atoms with van der Waals surface area (Å²) in [6.07, 6.45) is 10.7. The normalized spacial score (nSPS) is 26.3. The van der Waals surface area contributed by atoms with Crippen molar-refractivity contribution in [2.75, 3.05) is 7.05 Å². The number of aromatic nitrogens is 3. The van der Waals surface area contributed by atoms with Gasteiger partial charge in [-0.05, 0) is 69.2 Å². The third-order valence-electron chi connectivity index (χ3n) is 8.22. The van der Waals surface area contributed by atoms with Gasteiger partial charge in [0.05, 0.1) is 24.3 Å². The molecule has 176 valence electrons. The molecule has 2 bridgehead atoms. The summed E-state index contributed by atoms with van der Waals surface area (Å²) in [5, 5.41) is 4.72. The molecule has 0 spiro atoms. The van der Waals surface area contributed by atoms with E-state index >= 15 is 0 Å². The third-order valence-corrected chi connectivity index (χ3v) is 8.22. The first-order valence-electron chi connectivity index (χ1n) is 12.4. The van der Waals surface area contributed by atoms with Gasteiger partial charge >= 0.3 is 0 Å². The molecule has 7 rings (SSSR count). The number of carbonyl (C=O) groups excluding carboxylic acids is 1. The van der Waals surface area contributed by atoms with E-state index in [1.807, 2.05) is 10.7 Å². The van der Waals surface area contributed by atoms with E-state index in [1.165, 1.54) is 43.4 Å². The van der Waals surface area contributed by atoms with Crippen molar-refractivity contribution in [3.63, 3.8) is 0 Å². The largest absolute Gasteiger partial charge is 0.489 e. The number of fused-ring (bicyclic) bond motifs is 5. The summed E-state index contributed by atoms with van der Waals surface area (Å²) in [6.45, 7) is 0.869. The number of piperidine rings is 1. The zero-order valence-corrected chi connectivity index (χ0v) is 19.3. The van der Waals surface area contributed by atoms with E-state index in [0.717, 1.165) is 29.7 Å². The maximum Gasteiger partial charge on any atom is 0.258 e. The van der Waals surface area contributed by atoms with E-state index in [4.69, 9.17) is 9.84 Å². The van der Waals surface area contributed by atoms with Crippen molar-refractivity contribution in [1.29, 1.82) is 0 Å². The van der Waals surface area contributed by atoms with E-state index in [-0.39, 0.29) is 17.8 Å². The predicted octanol–water partition coefficient (Wildman–Crippen LogP) is 3.91. The van der Waals surface area contributed by atoms with Crippen LogP contribution in [0.25, 0.3) is 5.65 Å². The number of ether oxygens (including phenoxy) is 1. The molecular formula is C26H28FN5O2. The second-order valence-electron chi connectivity index (χ2n) is 10.4. The highest BCUT2D eigenvalue weighted by atomic mass is 19.1. The van der Waals surface area contributed by atoms with Gasteiger partial charge in [-0.3, -0.25) is 4.79 Å². The van der Waals surface area contributed by atoms with Crippen LogP contribution in [0.5, 0.6) is 5.75 Å². The highest BCUT2D eigenvalue weighted by Crippen LogP contribution is 2.40. The molecular weight excluding hydrogens is 433 g/mol. The fourth-order valence-corrected chi connectivity index (χ4v) is 6.11. The number of halogens is 1. The quantitative estimate of drug-likeness (QED) is 0.590. The molecule has 2 saturated heterocycles. The number of carbonyl (C=O) groups is 1. The molecule has 5 heterocycles. The molecule has 0 N–H and O–H groups in total. The van der Waals surface area contributed by atoms with Gasteiger partial charge in [0.1, 0.15) is 17.7 Å². The maximum absolute atomic E-state index is 14.2. The first-order chi connectivity index (χ1) is 16.5. The number of hydrogen-bond donors (Lipinski definition) is 0. The molecule has 3 aromatic rings. The summed E-state index contributed by atoms with van der Waals surface area (Å²) >= 11 is 0. The van der Waals surface area contributed by atoms with E-state index < -0.39 is 0 Å². The van der Waals surface area contributed by atoms with Crippen LogP contribution in [0.1, 0.15) is 71.6 Å². The number of nitrogens with zero attached hydrogens (tertiary/aromatic N) is 5. The van der Waals surface area contributed by atoms with Crippen LogP contribution in [0.4, 0.5) is 4.39 Å². The van der Waals surface area contributed by atoms with Crippen LogP contribution in [-0.4, -0.2) is 55.5 Å². The van der Waals surface area contributed by atoms with Crippen LogP contribution < -0.4 is 4.74 Å². The van der Waals surface area contributed by atoms with Crippen LogP contribution in [0.2, 0.25) is 0 Å². The molecule has 1 aromatic carbocycles. The van der Waals surface area contributed by atoms with Crippen molar-refractivity contribution in [3.8, 4) is 5.75 Å². The van der Waals surface area contributed by atoms with Crippen molar-refractivity contribution in [2.45, 2.75) is 75.7 Å². The van der Waals surface area contributed by atoms with E-state index in [2.05, 4.69) is 23.1 Å². The fourth-order valence-electron chi connectivity index (χ4n) is 6.11. The average molecular weight is 462 g/mol.